The molecule has 0 radical (unpaired) electrons. The first kappa shape index (κ1) is 12.0. The summed E-state index contributed by atoms with van der Waals surface area (Å²) in [5.74, 6) is 0.341. The van der Waals surface area contributed by atoms with E-state index in [4.69, 9.17) is 16.3 Å². The van der Waals surface area contributed by atoms with Crippen LogP contribution in [-0.2, 0) is 4.74 Å². The normalized spacial score (nSPS) is 15.4. The molecule has 1 rings (SSSR count). The molecule has 1 aromatic rings. The van der Waals surface area contributed by atoms with Gasteiger partial charge in [-0.3, -0.25) is 0 Å². The van der Waals surface area contributed by atoms with Gasteiger partial charge in [-0.05, 0) is 23.8 Å². The lowest BCUT2D eigenvalue weighted by atomic mass is 10.0. The molecule has 0 fully saturated rings. The largest absolute Gasteiger partial charge is 0.388 e. The molecule has 2 unspecified atom stereocenters. The average Bonchev–Trinajstić information content (AvgIpc) is 2.51. The van der Waals surface area contributed by atoms with Crippen LogP contribution in [0.3, 0.4) is 0 Å². The van der Waals surface area contributed by atoms with Crippen LogP contribution in [0.5, 0.6) is 0 Å². The lowest BCUT2D eigenvalue weighted by molar-refractivity contribution is 0.104. The molecule has 2 atom stereocenters. The molecule has 0 aliphatic rings. The molecule has 1 aromatic heterocycles. The summed E-state index contributed by atoms with van der Waals surface area (Å²) in [6.45, 7) is 2.72. The Morgan fingerprint density at radius 2 is 2.36 bits per heavy atom. The Morgan fingerprint density at radius 3 is 2.86 bits per heavy atom. The van der Waals surface area contributed by atoms with Gasteiger partial charge in [0.15, 0.2) is 0 Å². The van der Waals surface area contributed by atoms with Gasteiger partial charge in [0.1, 0.15) is 0 Å². The smallest absolute Gasteiger partial charge is 0.0900 e. The van der Waals surface area contributed by atoms with Crippen LogP contribution in [0.25, 0.3) is 0 Å². The summed E-state index contributed by atoms with van der Waals surface area (Å²) in [4.78, 5) is 0.856. The van der Waals surface area contributed by atoms with E-state index in [-0.39, 0.29) is 0 Å². The van der Waals surface area contributed by atoms with Crippen LogP contribution in [-0.4, -0.2) is 18.8 Å². The number of methoxy groups -OCH3 is 1. The van der Waals surface area contributed by atoms with E-state index in [0.29, 0.717) is 24.0 Å². The zero-order chi connectivity index (χ0) is 10.6. The van der Waals surface area contributed by atoms with E-state index in [1.807, 2.05) is 18.4 Å². The second-order valence-corrected chi connectivity index (χ2v) is 4.80. The summed E-state index contributed by atoms with van der Waals surface area (Å²) in [6, 6.07) is 1.81. The van der Waals surface area contributed by atoms with Crippen molar-refractivity contribution in [3.05, 3.63) is 21.3 Å². The van der Waals surface area contributed by atoms with E-state index in [1.165, 1.54) is 11.3 Å². The van der Waals surface area contributed by atoms with Crippen molar-refractivity contribution in [3.63, 3.8) is 0 Å². The number of rotatable bonds is 5. The number of aliphatic hydroxyl groups is 1. The number of halogens is 1. The number of ether oxygens (including phenoxy) is 1. The summed E-state index contributed by atoms with van der Waals surface area (Å²) in [6.07, 6.45) is 0.223. The number of thiophene rings is 1. The molecule has 0 aliphatic heterocycles. The molecule has 2 nitrogen and oxygen atoms in total. The van der Waals surface area contributed by atoms with Gasteiger partial charge in [-0.2, -0.15) is 0 Å². The van der Waals surface area contributed by atoms with Crippen molar-refractivity contribution in [3.8, 4) is 0 Å². The maximum atomic E-state index is 9.86. The van der Waals surface area contributed by atoms with Crippen LogP contribution in [0.2, 0.25) is 5.02 Å². The maximum absolute atomic E-state index is 9.86. The Kier molecular flexibility index (Phi) is 4.89. The minimum Gasteiger partial charge on any atom is -0.388 e. The van der Waals surface area contributed by atoms with E-state index in [0.717, 1.165) is 4.88 Å². The molecule has 0 bridgehead atoms. The summed E-state index contributed by atoms with van der Waals surface area (Å²) in [5.41, 5.74) is 0. The Hall–Kier alpha value is -0.0900. The highest BCUT2D eigenvalue weighted by Crippen LogP contribution is 2.32. The highest BCUT2D eigenvalue weighted by molar-refractivity contribution is 7.10. The highest BCUT2D eigenvalue weighted by Gasteiger charge is 2.16. The fraction of sp³-hybridized carbons (Fsp3) is 0.600. The first-order chi connectivity index (χ1) is 6.65. The van der Waals surface area contributed by atoms with Crippen LogP contribution in [0.1, 0.15) is 24.3 Å². The van der Waals surface area contributed by atoms with Gasteiger partial charge in [-0.15, -0.1) is 11.3 Å². The molecule has 1 N–H and O–H groups in total. The third kappa shape index (κ3) is 3.24. The zero-order valence-electron chi connectivity index (χ0n) is 8.37. The molecule has 80 valence electrons. The molecule has 4 heteroatoms. The Balaban J connectivity index is 2.50. The third-order valence-corrected chi connectivity index (χ3v) is 3.48. The first-order valence-electron chi connectivity index (χ1n) is 4.55. The number of hydrogen-bond donors (Lipinski definition) is 1. The minimum absolute atomic E-state index is 0.341. The van der Waals surface area contributed by atoms with Gasteiger partial charge in [-0.1, -0.05) is 18.5 Å². The molecule has 1 heterocycles. The van der Waals surface area contributed by atoms with Gasteiger partial charge in [0.2, 0.25) is 0 Å². The fourth-order valence-electron chi connectivity index (χ4n) is 1.38. The molecule has 0 aromatic carbocycles. The van der Waals surface area contributed by atoms with Crippen LogP contribution in [0.15, 0.2) is 11.4 Å². The Morgan fingerprint density at radius 1 is 1.64 bits per heavy atom. The van der Waals surface area contributed by atoms with Crippen molar-refractivity contribution in [1.29, 1.82) is 0 Å². The predicted molar refractivity (Wildman–Crippen MR) is 59.9 cm³/mol. The molecular formula is C10H15ClO2S. The SMILES string of the molecule is COCC(C)CC(O)c1sccc1Cl. The fourth-order valence-corrected chi connectivity index (χ4v) is 2.57. The summed E-state index contributed by atoms with van der Waals surface area (Å²) in [5, 5.41) is 12.4. The van der Waals surface area contributed by atoms with Crippen LogP contribution in [0, 0.1) is 5.92 Å². The first-order valence-corrected chi connectivity index (χ1v) is 5.80. The van der Waals surface area contributed by atoms with Gasteiger partial charge < -0.3 is 9.84 Å². The van der Waals surface area contributed by atoms with Crippen molar-refractivity contribution in [2.45, 2.75) is 19.4 Å². The molecular weight excluding hydrogens is 220 g/mol. The predicted octanol–water partition coefficient (Wildman–Crippen LogP) is 3.11. The second-order valence-electron chi connectivity index (χ2n) is 3.44. The monoisotopic (exact) mass is 234 g/mol. The van der Waals surface area contributed by atoms with Crippen LogP contribution >= 0.6 is 22.9 Å². The molecule has 14 heavy (non-hydrogen) atoms. The summed E-state index contributed by atoms with van der Waals surface area (Å²) in [7, 11) is 1.67. The number of aliphatic hydroxyl groups excluding tert-OH is 1. The average molecular weight is 235 g/mol. The maximum Gasteiger partial charge on any atom is 0.0900 e. The van der Waals surface area contributed by atoms with Crippen LogP contribution < -0.4 is 0 Å². The lowest BCUT2D eigenvalue weighted by Crippen LogP contribution is -2.08. The van der Waals surface area contributed by atoms with Crippen molar-refractivity contribution in [2.75, 3.05) is 13.7 Å². The van der Waals surface area contributed by atoms with E-state index in [2.05, 4.69) is 0 Å². The Bertz CT molecular complexity index is 275. The number of hydrogen-bond acceptors (Lipinski definition) is 3. The van der Waals surface area contributed by atoms with Gasteiger partial charge >= 0.3 is 0 Å². The minimum atomic E-state index is -0.465. The quantitative estimate of drug-likeness (QED) is 0.849. The topological polar surface area (TPSA) is 29.5 Å². The van der Waals surface area contributed by atoms with Crippen LogP contribution in [0.4, 0.5) is 0 Å². The highest BCUT2D eigenvalue weighted by atomic mass is 35.5. The second kappa shape index (κ2) is 5.71. The molecule has 0 saturated heterocycles. The van der Waals surface area contributed by atoms with Gasteiger partial charge in [0.05, 0.1) is 16.0 Å². The lowest BCUT2D eigenvalue weighted by Gasteiger charge is -2.14. The molecule has 0 saturated carbocycles. The van der Waals surface area contributed by atoms with Crippen molar-refractivity contribution < 1.29 is 9.84 Å². The van der Waals surface area contributed by atoms with E-state index in [1.54, 1.807) is 7.11 Å². The van der Waals surface area contributed by atoms with Gasteiger partial charge in [-0.25, -0.2) is 0 Å². The van der Waals surface area contributed by atoms with E-state index >= 15 is 0 Å². The summed E-state index contributed by atoms with van der Waals surface area (Å²) >= 11 is 7.41. The van der Waals surface area contributed by atoms with E-state index < -0.39 is 6.10 Å². The van der Waals surface area contributed by atoms with Gasteiger partial charge in [0, 0.05) is 13.7 Å². The standard InChI is InChI=1S/C10H15ClO2S/c1-7(6-13-2)5-9(12)10-8(11)3-4-14-10/h3-4,7,9,12H,5-6H2,1-2H3. The van der Waals surface area contributed by atoms with Gasteiger partial charge in [0.25, 0.3) is 0 Å². The summed E-state index contributed by atoms with van der Waals surface area (Å²) < 4.78 is 5.01. The molecule has 0 spiro atoms. The van der Waals surface area contributed by atoms with Crippen molar-refractivity contribution >= 4 is 22.9 Å². The zero-order valence-corrected chi connectivity index (χ0v) is 9.94. The third-order valence-electron chi connectivity index (χ3n) is 2.02. The Labute approximate surface area is 93.5 Å². The molecule has 0 amide bonds. The van der Waals surface area contributed by atoms with Crippen molar-refractivity contribution in [2.24, 2.45) is 5.92 Å². The van der Waals surface area contributed by atoms with Crippen molar-refractivity contribution in [1.82, 2.24) is 0 Å². The van der Waals surface area contributed by atoms with E-state index in [9.17, 15) is 5.11 Å². The molecule has 0 aliphatic carbocycles.